The SMILES string of the molecule is Nc1cccc(C#Cc2ccc(C=O)c(S(=O)(=O)c3ccccc3)c2)n1. The van der Waals surface area contributed by atoms with Crippen LogP contribution in [-0.2, 0) is 9.84 Å². The Bertz CT molecular complexity index is 1130. The number of benzene rings is 2. The molecule has 1 aromatic heterocycles. The first-order valence-electron chi connectivity index (χ1n) is 7.64. The van der Waals surface area contributed by atoms with Crippen molar-refractivity contribution in [1.82, 2.24) is 4.98 Å². The number of pyridine rings is 1. The summed E-state index contributed by atoms with van der Waals surface area (Å²) in [6.45, 7) is 0. The number of anilines is 1. The molecule has 26 heavy (non-hydrogen) atoms. The van der Waals surface area contributed by atoms with Crippen molar-refractivity contribution in [2.24, 2.45) is 0 Å². The van der Waals surface area contributed by atoms with Gasteiger partial charge in [0.1, 0.15) is 11.5 Å². The van der Waals surface area contributed by atoms with Gasteiger partial charge in [-0.25, -0.2) is 13.4 Å². The summed E-state index contributed by atoms with van der Waals surface area (Å²) in [7, 11) is -3.83. The van der Waals surface area contributed by atoms with Crippen LogP contribution >= 0.6 is 0 Å². The largest absolute Gasteiger partial charge is 0.384 e. The number of nitrogen functional groups attached to an aromatic ring is 1. The molecule has 2 aromatic carbocycles. The van der Waals surface area contributed by atoms with E-state index in [0.29, 0.717) is 23.4 Å². The molecule has 0 spiro atoms. The summed E-state index contributed by atoms with van der Waals surface area (Å²) in [5.41, 5.74) is 6.62. The van der Waals surface area contributed by atoms with Crippen LogP contribution in [0.1, 0.15) is 21.6 Å². The normalized spacial score (nSPS) is 10.6. The van der Waals surface area contributed by atoms with Crippen molar-refractivity contribution in [3.8, 4) is 11.8 Å². The fraction of sp³-hybridized carbons (Fsp3) is 0. The molecule has 6 heteroatoms. The molecule has 3 aromatic rings. The zero-order chi connectivity index (χ0) is 18.6. The van der Waals surface area contributed by atoms with Crippen LogP contribution in [0, 0.1) is 11.8 Å². The summed E-state index contributed by atoms with van der Waals surface area (Å²) in [5, 5.41) is 0. The molecule has 0 saturated carbocycles. The first kappa shape index (κ1) is 17.4. The molecule has 0 aliphatic carbocycles. The molecule has 3 rings (SSSR count). The molecule has 2 N–H and O–H groups in total. The van der Waals surface area contributed by atoms with Gasteiger partial charge in [-0.05, 0) is 48.4 Å². The predicted octanol–water partition coefficient (Wildman–Crippen LogP) is 2.71. The van der Waals surface area contributed by atoms with E-state index in [0.717, 1.165) is 0 Å². The van der Waals surface area contributed by atoms with Crippen molar-refractivity contribution < 1.29 is 13.2 Å². The van der Waals surface area contributed by atoms with Crippen LogP contribution < -0.4 is 5.73 Å². The van der Waals surface area contributed by atoms with Gasteiger partial charge < -0.3 is 5.73 Å². The first-order valence-corrected chi connectivity index (χ1v) is 9.13. The molecule has 0 unspecified atom stereocenters. The smallest absolute Gasteiger partial charge is 0.207 e. The van der Waals surface area contributed by atoms with Crippen molar-refractivity contribution in [3.05, 3.63) is 83.6 Å². The number of aldehydes is 1. The van der Waals surface area contributed by atoms with E-state index < -0.39 is 9.84 Å². The van der Waals surface area contributed by atoms with E-state index in [1.54, 1.807) is 42.5 Å². The number of hydrogen-bond donors (Lipinski definition) is 1. The third-order valence-corrected chi connectivity index (χ3v) is 5.41. The quantitative estimate of drug-likeness (QED) is 0.571. The summed E-state index contributed by atoms with van der Waals surface area (Å²) in [5.74, 6) is 6.04. The minimum atomic E-state index is -3.83. The second-order valence-electron chi connectivity index (χ2n) is 5.38. The van der Waals surface area contributed by atoms with Gasteiger partial charge in [0.2, 0.25) is 9.84 Å². The van der Waals surface area contributed by atoms with Crippen LogP contribution in [0.3, 0.4) is 0 Å². The fourth-order valence-electron chi connectivity index (χ4n) is 2.33. The van der Waals surface area contributed by atoms with Crippen molar-refractivity contribution in [2.45, 2.75) is 9.79 Å². The lowest BCUT2D eigenvalue weighted by molar-refractivity contribution is 0.112. The van der Waals surface area contributed by atoms with E-state index in [9.17, 15) is 13.2 Å². The average Bonchev–Trinajstić information content (AvgIpc) is 2.67. The molecule has 0 amide bonds. The van der Waals surface area contributed by atoms with E-state index in [2.05, 4.69) is 16.8 Å². The molecule has 0 aliphatic rings. The number of carbonyl (C=O) groups excluding carboxylic acids is 1. The van der Waals surface area contributed by atoms with Gasteiger partial charge in [-0.3, -0.25) is 4.79 Å². The van der Waals surface area contributed by atoms with E-state index in [4.69, 9.17) is 5.73 Å². The molecule has 0 bridgehead atoms. The van der Waals surface area contributed by atoms with Gasteiger partial charge in [0, 0.05) is 11.1 Å². The molecule has 0 saturated heterocycles. The summed E-state index contributed by atoms with van der Waals surface area (Å²) in [4.78, 5) is 15.4. The van der Waals surface area contributed by atoms with E-state index in [1.807, 2.05) is 0 Å². The molecular formula is C20H14N2O3S. The molecule has 0 fully saturated rings. The molecule has 1 heterocycles. The molecule has 0 aliphatic heterocycles. The van der Waals surface area contributed by atoms with Crippen LogP contribution in [0.25, 0.3) is 0 Å². The zero-order valence-electron chi connectivity index (χ0n) is 13.6. The lowest BCUT2D eigenvalue weighted by atomic mass is 10.1. The van der Waals surface area contributed by atoms with Gasteiger partial charge in [0.15, 0.2) is 6.29 Å². The molecule has 128 valence electrons. The third kappa shape index (κ3) is 3.63. The highest BCUT2D eigenvalue weighted by molar-refractivity contribution is 7.91. The highest BCUT2D eigenvalue weighted by Gasteiger charge is 2.21. The Kier molecular flexibility index (Phi) is 4.83. The third-order valence-electron chi connectivity index (χ3n) is 3.59. The monoisotopic (exact) mass is 362 g/mol. The maximum atomic E-state index is 12.8. The second-order valence-corrected chi connectivity index (χ2v) is 7.30. The van der Waals surface area contributed by atoms with Crippen LogP contribution in [-0.4, -0.2) is 19.7 Å². The van der Waals surface area contributed by atoms with E-state index in [-0.39, 0.29) is 15.4 Å². The molecule has 0 radical (unpaired) electrons. The summed E-state index contributed by atoms with van der Waals surface area (Å²) in [6.07, 6.45) is 0.520. The zero-order valence-corrected chi connectivity index (χ0v) is 14.4. The van der Waals surface area contributed by atoms with Crippen molar-refractivity contribution in [3.63, 3.8) is 0 Å². The fourth-order valence-corrected chi connectivity index (χ4v) is 3.80. The first-order chi connectivity index (χ1) is 12.5. The van der Waals surface area contributed by atoms with Crippen LogP contribution in [0.15, 0.2) is 76.5 Å². The highest BCUT2D eigenvalue weighted by atomic mass is 32.2. The van der Waals surface area contributed by atoms with Gasteiger partial charge >= 0.3 is 0 Å². The van der Waals surface area contributed by atoms with Gasteiger partial charge in [-0.2, -0.15) is 0 Å². The Labute approximate surface area is 151 Å². The van der Waals surface area contributed by atoms with Crippen molar-refractivity contribution in [2.75, 3.05) is 5.73 Å². The summed E-state index contributed by atoms with van der Waals surface area (Å²) in [6, 6.07) is 17.5. The van der Waals surface area contributed by atoms with Crippen LogP contribution in [0.5, 0.6) is 0 Å². The van der Waals surface area contributed by atoms with Gasteiger partial charge in [0.25, 0.3) is 0 Å². The van der Waals surface area contributed by atoms with Gasteiger partial charge in [-0.1, -0.05) is 30.2 Å². The molecular weight excluding hydrogens is 348 g/mol. The molecule has 0 atom stereocenters. The van der Waals surface area contributed by atoms with Gasteiger partial charge in [0.05, 0.1) is 9.79 Å². The second kappa shape index (κ2) is 7.21. The highest BCUT2D eigenvalue weighted by Crippen LogP contribution is 2.24. The maximum Gasteiger partial charge on any atom is 0.207 e. The lowest BCUT2D eigenvalue weighted by Crippen LogP contribution is -2.06. The minimum Gasteiger partial charge on any atom is -0.384 e. The number of hydrogen-bond acceptors (Lipinski definition) is 5. The predicted molar refractivity (Wildman–Crippen MR) is 98.4 cm³/mol. The number of sulfone groups is 1. The van der Waals surface area contributed by atoms with Crippen molar-refractivity contribution in [1.29, 1.82) is 0 Å². The number of nitrogens with two attached hydrogens (primary N) is 1. The Morgan fingerprint density at radius 3 is 2.38 bits per heavy atom. The molecule has 5 nitrogen and oxygen atoms in total. The number of rotatable bonds is 3. The number of aromatic nitrogens is 1. The Morgan fingerprint density at radius 2 is 1.69 bits per heavy atom. The Balaban J connectivity index is 2.07. The minimum absolute atomic E-state index is 0.0777. The Hall–Kier alpha value is -3.43. The van der Waals surface area contributed by atoms with Gasteiger partial charge in [-0.15, -0.1) is 0 Å². The van der Waals surface area contributed by atoms with E-state index in [1.165, 1.54) is 24.3 Å². The number of nitrogens with zero attached hydrogens (tertiary/aromatic N) is 1. The topological polar surface area (TPSA) is 90.1 Å². The standard InChI is InChI=1S/C20H14N2O3S/c21-20-8-4-5-17(22-20)12-10-15-9-11-16(14-23)19(13-15)26(24,25)18-6-2-1-3-7-18/h1-9,11,13-14H,(H2,21,22). The summed E-state index contributed by atoms with van der Waals surface area (Å²) >= 11 is 0. The maximum absolute atomic E-state index is 12.8. The lowest BCUT2D eigenvalue weighted by Gasteiger charge is -2.07. The van der Waals surface area contributed by atoms with Crippen LogP contribution in [0.2, 0.25) is 0 Å². The van der Waals surface area contributed by atoms with Crippen molar-refractivity contribution >= 4 is 21.9 Å². The van der Waals surface area contributed by atoms with Crippen LogP contribution in [0.4, 0.5) is 5.82 Å². The Morgan fingerprint density at radius 1 is 0.923 bits per heavy atom. The number of carbonyl (C=O) groups is 1. The summed E-state index contributed by atoms with van der Waals surface area (Å²) < 4.78 is 25.7. The van der Waals surface area contributed by atoms with E-state index >= 15 is 0 Å². The average molecular weight is 362 g/mol.